The van der Waals surface area contributed by atoms with Crippen molar-refractivity contribution >= 4 is 5.91 Å². The van der Waals surface area contributed by atoms with Crippen molar-refractivity contribution in [1.29, 1.82) is 0 Å². The van der Waals surface area contributed by atoms with E-state index in [1.54, 1.807) is 6.20 Å². The first-order valence-corrected chi connectivity index (χ1v) is 9.56. The van der Waals surface area contributed by atoms with E-state index in [0.29, 0.717) is 31.7 Å². The Morgan fingerprint density at radius 3 is 2.75 bits per heavy atom. The lowest BCUT2D eigenvalue weighted by atomic mass is 10.1. The number of nitrogens with zero attached hydrogens (tertiary/aromatic N) is 2. The molecule has 1 amide bonds. The van der Waals surface area contributed by atoms with Gasteiger partial charge in [-0.2, -0.15) is 5.10 Å². The third kappa shape index (κ3) is 3.58. The number of aromatic nitrogens is 2. The molecule has 4 rings (SSSR count). The molecule has 6 nitrogen and oxygen atoms in total. The molecule has 0 bridgehead atoms. The number of carbonyl (C=O) groups excluding carboxylic acids is 1. The number of carbonyl (C=O) groups is 1. The first kappa shape index (κ1) is 18.1. The van der Waals surface area contributed by atoms with Gasteiger partial charge in [0.2, 0.25) is 0 Å². The number of hydrogen-bond acceptors (Lipinski definition) is 4. The topological polar surface area (TPSA) is 65.4 Å². The molecule has 1 N–H and O–H groups in total. The van der Waals surface area contributed by atoms with Crippen molar-refractivity contribution in [3.63, 3.8) is 0 Å². The van der Waals surface area contributed by atoms with Crippen molar-refractivity contribution in [2.45, 2.75) is 26.3 Å². The number of ether oxygens (including phenoxy) is 2. The molecule has 1 aliphatic rings. The van der Waals surface area contributed by atoms with E-state index in [9.17, 15) is 4.79 Å². The molecular formula is C22H23N3O3. The highest BCUT2D eigenvalue weighted by Crippen LogP contribution is 2.33. The van der Waals surface area contributed by atoms with Crippen LogP contribution in [-0.2, 0) is 13.0 Å². The molecule has 0 aliphatic carbocycles. The monoisotopic (exact) mass is 377 g/mol. The smallest absolute Gasteiger partial charge is 0.255 e. The van der Waals surface area contributed by atoms with Gasteiger partial charge in [0.25, 0.3) is 5.91 Å². The van der Waals surface area contributed by atoms with E-state index in [2.05, 4.69) is 10.4 Å². The third-order valence-electron chi connectivity index (χ3n) is 4.74. The highest BCUT2D eigenvalue weighted by molar-refractivity contribution is 5.95. The lowest BCUT2D eigenvalue weighted by Gasteiger charge is -2.13. The maximum absolute atomic E-state index is 12.8. The Labute approximate surface area is 164 Å². The van der Waals surface area contributed by atoms with E-state index in [1.165, 1.54) is 0 Å². The second-order valence-corrected chi connectivity index (χ2v) is 6.58. The molecule has 28 heavy (non-hydrogen) atoms. The molecule has 0 radical (unpaired) electrons. The largest absolute Gasteiger partial charge is 0.490 e. The summed E-state index contributed by atoms with van der Waals surface area (Å²) in [4.78, 5) is 12.8. The van der Waals surface area contributed by atoms with Gasteiger partial charge >= 0.3 is 0 Å². The Bertz CT molecular complexity index is 966. The van der Waals surface area contributed by atoms with E-state index >= 15 is 0 Å². The number of benzene rings is 2. The van der Waals surface area contributed by atoms with E-state index in [1.807, 2.05) is 60.1 Å². The van der Waals surface area contributed by atoms with Crippen LogP contribution in [0.25, 0.3) is 5.69 Å². The van der Waals surface area contributed by atoms with Gasteiger partial charge in [0, 0.05) is 18.5 Å². The highest BCUT2D eigenvalue weighted by atomic mass is 16.5. The van der Waals surface area contributed by atoms with Crippen molar-refractivity contribution in [3.05, 3.63) is 71.5 Å². The summed E-state index contributed by atoms with van der Waals surface area (Å²) in [6, 6.07) is 15.6. The van der Waals surface area contributed by atoms with Crippen LogP contribution in [0.4, 0.5) is 0 Å². The molecule has 0 saturated heterocycles. The molecule has 2 heterocycles. The molecule has 0 saturated carbocycles. The maximum atomic E-state index is 12.8. The molecule has 0 spiro atoms. The zero-order chi connectivity index (χ0) is 19.3. The van der Waals surface area contributed by atoms with Crippen molar-refractivity contribution in [2.24, 2.45) is 0 Å². The maximum Gasteiger partial charge on any atom is 0.255 e. The van der Waals surface area contributed by atoms with Gasteiger partial charge in [-0.05, 0) is 24.6 Å². The van der Waals surface area contributed by atoms with Crippen LogP contribution in [0.3, 0.4) is 0 Å². The number of amides is 1. The number of para-hydroxylation sites is 2. The summed E-state index contributed by atoms with van der Waals surface area (Å²) in [5.74, 6) is 1.30. The second kappa shape index (κ2) is 8.17. The third-order valence-corrected chi connectivity index (χ3v) is 4.74. The molecule has 3 aromatic rings. The Hall–Kier alpha value is -3.28. The summed E-state index contributed by atoms with van der Waals surface area (Å²) in [5.41, 5.74) is 3.32. The van der Waals surface area contributed by atoms with Crippen LogP contribution >= 0.6 is 0 Å². The Kier molecular flexibility index (Phi) is 5.28. The van der Waals surface area contributed by atoms with Crippen LogP contribution in [0.5, 0.6) is 11.5 Å². The predicted octanol–water partition coefficient (Wildman–Crippen LogP) is 3.53. The molecular weight excluding hydrogens is 354 g/mol. The van der Waals surface area contributed by atoms with Crippen LogP contribution in [0.1, 0.15) is 35.0 Å². The second-order valence-electron chi connectivity index (χ2n) is 6.58. The summed E-state index contributed by atoms with van der Waals surface area (Å²) in [7, 11) is 0. The molecule has 0 fully saturated rings. The van der Waals surface area contributed by atoms with Crippen LogP contribution in [0.2, 0.25) is 0 Å². The molecule has 1 aromatic heterocycles. The fraction of sp³-hybridized carbons (Fsp3) is 0.273. The first-order chi connectivity index (χ1) is 13.8. The van der Waals surface area contributed by atoms with Gasteiger partial charge in [0.05, 0.1) is 36.4 Å². The summed E-state index contributed by atoms with van der Waals surface area (Å²) >= 11 is 0. The standard InChI is InChI=1S/C22H23N3O3/c1-2-19-18(15-24-25(19)17-9-4-3-5-10-17)22(26)23-14-16-8-6-11-20-21(16)28-13-7-12-27-20/h3-6,8-11,15H,2,7,12-14H2,1H3,(H,23,26). The zero-order valence-corrected chi connectivity index (χ0v) is 15.9. The summed E-state index contributed by atoms with van der Waals surface area (Å²) < 4.78 is 13.4. The first-order valence-electron chi connectivity index (χ1n) is 9.56. The molecule has 0 unspecified atom stereocenters. The van der Waals surface area contributed by atoms with Crippen molar-refractivity contribution in [3.8, 4) is 17.2 Å². The fourth-order valence-electron chi connectivity index (χ4n) is 3.36. The summed E-state index contributed by atoms with van der Waals surface area (Å²) in [6.07, 6.45) is 3.18. The molecule has 0 atom stereocenters. The average molecular weight is 377 g/mol. The Morgan fingerprint density at radius 2 is 1.93 bits per heavy atom. The highest BCUT2D eigenvalue weighted by Gasteiger charge is 2.19. The lowest BCUT2D eigenvalue weighted by molar-refractivity contribution is 0.0949. The van der Waals surface area contributed by atoms with Crippen LogP contribution in [-0.4, -0.2) is 28.9 Å². The number of nitrogens with one attached hydrogen (secondary N) is 1. The Balaban J connectivity index is 1.53. The summed E-state index contributed by atoms with van der Waals surface area (Å²) in [6.45, 7) is 3.64. The number of rotatable bonds is 5. The van der Waals surface area contributed by atoms with Gasteiger partial charge in [0.15, 0.2) is 11.5 Å². The normalized spacial score (nSPS) is 13.0. The molecule has 144 valence electrons. The van der Waals surface area contributed by atoms with Gasteiger partial charge in [-0.1, -0.05) is 37.3 Å². The van der Waals surface area contributed by atoms with Crippen molar-refractivity contribution < 1.29 is 14.3 Å². The quantitative estimate of drug-likeness (QED) is 0.739. The number of hydrogen-bond donors (Lipinski definition) is 1. The van der Waals surface area contributed by atoms with Crippen molar-refractivity contribution in [2.75, 3.05) is 13.2 Å². The minimum absolute atomic E-state index is 0.147. The van der Waals surface area contributed by atoms with Gasteiger partial charge in [-0.15, -0.1) is 0 Å². The van der Waals surface area contributed by atoms with E-state index in [-0.39, 0.29) is 5.91 Å². The van der Waals surface area contributed by atoms with E-state index in [4.69, 9.17) is 9.47 Å². The van der Waals surface area contributed by atoms with Gasteiger partial charge in [-0.3, -0.25) is 4.79 Å². The van der Waals surface area contributed by atoms with Gasteiger partial charge in [0.1, 0.15) is 0 Å². The average Bonchev–Trinajstić information content (AvgIpc) is 3.02. The molecule has 1 aliphatic heterocycles. The fourth-order valence-corrected chi connectivity index (χ4v) is 3.36. The number of fused-ring (bicyclic) bond motifs is 1. The van der Waals surface area contributed by atoms with Crippen LogP contribution < -0.4 is 14.8 Å². The molecule has 6 heteroatoms. The minimum atomic E-state index is -0.147. The SMILES string of the molecule is CCc1c(C(=O)NCc2cccc3c2OCCCO3)cnn1-c1ccccc1. The lowest BCUT2D eigenvalue weighted by Crippen LogP contribution is -2.24. The van der Waals surface area contributed by atoms with Gasteiger partial charge in [-0.25, -0.2) is 4.68 Å². The van der Waals surface area contributed by atoms with E-state index < -0.39 is 0 Å². The van der Waals surface area contributed by atoms with Crippen LogP contribution in [0, 0.1) is 0 Å². The summed E-state index contributed by atoms with van der Waals surface area (Å²) in [5, 5.41) is 7.42. The Morgan fingerprint density at radius 1 is 1.11 bits per heavy atom. The van der Waals surface area contributed by atoms with Crippen molar-refractivity contribution in [1.82, 2.24) is 15.1 Å². The van der Waals surface area contributed by atoms with Crippen LogP contribution in [0.15, 0.2) is 54.7 Å². The van der Waals surface area contributed by atoms with Gasteiger partial charge < -0.3 is 14.8 Å². The zero-order valence-electron chi connectivity index (χ0n) is 15.9. The van der Waals surface area contributed by atoms with E-state index in [0.717, 1.165) is 34.9 Å². The molecule has 2 aromatic carbocycles. The predicted molar refractivity (Wildman–Crippen MR) is 106 cm³/mol. The minimum Gasteiger partial charge on any atom is -0.490 e.